The van der Waals surface area contributed by atoms with Crippen molar-refractivity contribution in [2.24, 2.45) is 5.73 Å². The van der Waals surface area contributed by atoms with Gasteiger partial charge in [-0.3, -0.25) is 4.79 Å². The minimum atomic E-state index is -0.568. The summed E-state index contributed by atoms with van der Waals surface area (Å²) in [6.07, 6.45) is 0.658. The van der Waals surface area contributed by atoms with Crippen molar-refractivity contribution in [3.63, 3.8) is 0 Å². The normalized spacial score (nSPS) is 13.5. The number of carbonyl (C=O) groups is 2. The molecule has 2 aromatic carbocycles. The third-order valence-corrected chi connectivity index (χ3v) is 5.07. The topological polar surface area (TPSA) is 93.5 Å². The molecule has 0 aliphatic heterocycles. The number of nitrogens with one attached hydrogen (secondary N) is 2. The summed E-state index contributed by atoms with van der Waals surface area (Å²) in [4.78, 5) is 23.9. The molecule has 0 radical (unpaired) electrons. The zero-order chi connectivity index (χ0) is 20.8. The van der Waals surface area contributed by atoms with E-state index in [1.165, 1.54) is 22.3 Å². The van der Waals surface area contributed by atoms with Gasteiger partial charge in [0, 0.05) is 18.5 Å². The van der Waals surface area contributed by atoms with Gasteiger partial charge >= 0.3 is 6.09 Å². The second-order valence-electron chi connectivity index (χ2n) is 7.66. The Kier molecular flexibility index (Phi) is 6.88. The molecule has 154 valence electrons. The van der Waals surface area contributed by atoms with Crippen LogP contribution in [0.5, 0.6) is 0 Å². The Bertz CT molecular complexity index is 820. The van der Waals surface area contributed by atoms with E-state index in [4.69, 9.17) is 10.5 Å². The quantitative estimate of drug-likeness (QED) is 0.599. The summed E-state index contributed by atoms with van der Waals surface area (Å²) >= 11 is 0. The van der Waals surface area contributed by atoms with Crippen molar-refractivity contribution in [2.75, 3.05) is 13.2 Å². The average molecular weight is 396 g/mol. The zero-order valence-corrected chi connectivity index (χ0v) is 17.0. The molecule has 0 heterocycles. The molecule has 1 aliphatic carbocycles. The molecule has 0 fully saturated rings. The predicted molar refractivity (Wildman–Crippen MR) is 114 cm³/mol. The van der Waals surface area contributed by atoms with Crippen LogP contribution in [0.15, 0.2) is 48.5 Å². The van der Waals surface area contributed by atoms with E-state index >= 15 is 0 Å². The molecule has 6 heteroatoms. The summed E-state index contributed by atoms with van der Waals surface area (Å²) in [5.41, 5.74) is 10.6. The van der Waals surface area contributed by atoms with Gasteiger partial charge in [-0.15, -0.1) is 0 Å². The minimum Gasteiger partial charge on any atom is -0.449 e. The fraction of sp³-hybridized carbons (Fsp3) is 0.391. The maximum absolute atomic E-state index is 12.1. The fourth-order valence-electron chi connectivity index (χ4n) is 3.68. The second kappa shape index (κ2) is 9.56. The van der Waals surface area contributed by atoms with Crippen LogP contribution in [0.2, 0.25) is 0 Å². The number of fused-ring (bicyclic) bond motifs is 3. The minimum absolute atomic E-state index is 0.0429. The Balaban J connectivity index is 1.45. The van der Waals surface area contributed by atoms with Crippen molar-refractivity contribution in [2.45, 2.75) is 44.7 Å². The van der Waals surface area contributed by atoms with Crippen LogP contribution in [0.1, 0.15) is 43.7 Å². The Labute approximate surface area is 171 Å². The van der Waals surface area contributed by atoms with Crippen molar-refractivity contribution in [3.8, 4) is 11.1 Å². The number of amides is 2. The van der Waals surface area contributed by atoms with Crippen LogP contribution in [0.3, 0.4) is 0 Å². The first kappa shape index (κ1) is 20.9. The maximum atomic E-state index is 12.1. The molecule has 0 saturated carbocycles. The van der Waals surface area contributed by atoms with E-state index < -0.39 is 12.1 Å². The van der Waals surface area contributed by atoms with Crippen molar-refractivity contribution < 1.29 is 14.3 Å². The van der Waals surface area contributed by atoms with Gasteiger partial charge in [-0.1, -0.05) is 48.5 Å². The molecule has 3 rings (SSSR count). The summed E-state index contributed by atoms with van der Waals surface area (Å²) in [5, 5.41) is 5.53. The highest BCUT2D eigenvalue weighted by Gasteiger charge is 2.28. The summed E-state index contributed by atoms with van der Waals surface area (Å²) in [6, 6.07) is 16.0. The smallest absolute Gasteiger partial charge is 0.407 e. The molecule has 0 aromatic heterocycles. The zero-order valence-electron chi connectivity index (χ0n) is 17.0. The average Bonchev–Trinajstić information content (AvgIpc) is 3.03. The lowest BCUT2D eigenvalue weighted by atomic mass is 9.98. The number of hydrogen-bond acceptors (Lipinski definition) is 4. The first-order valence-electron chi connectivity index (χ1n) is 10.1. The monoisotopic (exact) mass is 395 g/mol. The van der Waals surface area contributed by atoms with Crippen LogP contribution < -0.4 is 16.4 Å². The van der Waals surface area contributed by atoms with E-state index in [1.807, 2.05) is 38.1 Å². The third kappa shape index (κ3) is 5.15. The SMILES string of the molecule is CC(C)NC(=O)[C@@H](N)CCCNC(=O)OCC1c2ccccc2-c2ccccc21. The molecule has 0 saturated heterocycles. The molecular formula is C23H29N3O3. The highest BCUT2D eigenvalue weighted by Crippen LogP contribution is 2.44. The van der Waals surface area contributed by atoms with Crippen LogP contribution in [-0.4, -0.2) is 37.2 Å². The Morgan fingerprint density at radius 3 is 2.21 bits per heavy atom. The van der Waals surface area contributed by atoms with Gasteiger partial charge in [-0.2, -0.15) is 0 Å². The van der Waals surface area contributed by atoms with Gasteiger partial charge in [0.25, 0.3) is 0 Å². The fourth-order valence-corrected chi connectivity index (χ4v) is 3.68. The number of ether oxygens (including phenoxy) is 1. The second-order valence-corrected chi connectivity index (χ2v) is 7.66. The van der Waals surface area contributed by atoms with Gasteiger partial charge in [0.2, 0.25) is 5.91 Å². The lowest BCUT2D eigenvalue weighted by molar-refractivity contribution is -0.123. The van der Waals surface area contributed by atoms with E-state index in [9.17, 15) is 9.59 Å². The van der Waals surface area contributed by atoms with Crippen molar-refractivity contribution in [1.82, 2.24) is 10.6 Å². The van der Waals surface area contributed by atoms with Gasteiger partial charge in [0.05, 0.1) is 6.04 Å². The summed E-state index contributed by atoms with van der Waals surface area (Å²) in [7, 11) is 0. The first-order valence-corrected chi connectivity index (χ1v) is 10.1. The van der Waals surface area contributed by atoms with Gasteiger partial charge < -0.3 is 21.1 Å². The van der Waals surface area contributed by atoms with Crippen LogP contribution in [0.25, 0.3) is 11.1 Å². The molecule has 1 aliphatic rings. The third-order valence-electron chi connectivity index (χ3n) is 5.07. The van der Waals surface area contributed by atoms with Gasteiger partial charge in [0.1, 0.15) is 6.61 Å². The highest BCUT2D eigenvalue weighted by atomic mass is 16.5. The molecule has 1 atom stereocenters. The van der Waals surface area contributed by atoms with Crippen LogP contribution in [0.4, 0.5) is 4.79 Å². The number of alkyl carbamates (subject to hydrolysis) is 1. The number of nitrogens with two attached hydrogens (primary N) is 1. The van der Waals surface area contributed by atoms with Crippen molar-refractivity contribution in [3.05, 3.63) is 59.7 Å². The standard InChI is InChI=1S/C23H29N3O3/c1-15(2)26-22(27)21(24)12-7-13-25-23(28)29-14-20-18-10-5-3-8-16(18)17-9-4-6-11-19(17)20/h3-6,8-11,15,20-21H,7,12-14,24H2,1-2H3,(H,25,28)(H,26,27)/t21-/m0/s1. The van der Waals surface area contributed by atoms with E-state index in [2.05, 4.69) is 34.9 Å². The van der Waals surface area contributed by atoms with Crippen LogP contribution in [0, 0.1) is 0 Å². The largest absolute Gasteiger partial charge is 0.449 e. The van der Waals surface area contributed by atoms with Crippen LogP contribution >= 0.6 is 0 Å². The lowest BCUT2D eigenvalue weighted by Gasteiger charge is -2.16. The van der Waals surface area contributed by atoms with E-state index in [0.29, 0.717) is 19.4 Å². The van der Waals surface area contributed by atoms with Gasteiger partial charge in [-0.25, -0.2) is 4.79 Å². The lowest BCUT2D eigenvalue weighted by Crippen LogP contribution is -2.43. The molecule has 29 heavy (non-hydrogen) atoms. The number of rotatable bonds is 8. The molecule has 0 spiro atoms. The van der Waals surface area contributed by atoms with Crippen molar-refractivity contribution >= 4 is 12.0 Å². The maximum Gasteiger partial charge on any atom is 0.407 e. The summed E-state index contributed by atoms with van der Waals surface area (Å²) in [5.74, 6) is -0.123. The molecule has 2 amide bonds. The van der Waals surface area contributed by atoms with Crippen LogP contribution in [-0.2, 0) is 9.53 Å². The highest BCUT2D eigenvalue weighted by molar-refractivity contribution is 5.81. The molecule has 0 unspecified atom stereocenters. The van der Waals surface area contributed by atoms with E-state index in [0.717, 1.165) is 0 Å². The van der Waals surface area contributed by atoms with E-state index in [1.54, 1.807) is 0 Å². The number of carbonyl (C=O) groups excluding carboxylic acids is 2. The van der Waals surface area contributed by atoms with Gasteiger partial charge in [-0.05, 0) is 48.9 Å². The molecular weight excluding hydrogens is 366 g/mol. The van der Waals surface area contributed by atoms with Gasteiger partial charge in [0.15, 0.2) is 0 Å². The Morgan fingerprint density at radius 2 is 1.62 bits per heavy atom. The molecule has 2 aromatic rings. The Hall–Kier alpha value is -2.86. The summed E-state index contributed by atoms with van der Waals surface area (Å²) in [6.45, 7) is 4.49. The predicted octanol–water partition coefficient (Wildman–Crippen LogP) is 3.16. The first-order chi connectivity index (χ1) is 14.0. The Morgan fingerprint density at radius 1 is 1.03 bits per heavy atom. The molecule has 6 nitrogen and oxygen atoms in total. The summed E-state index contributed by atoms with van der Waals surface area (Å²) < 4.78 is 5.49. The molecule has 4 N–H and O–H groups in total. The molecule has 0 bridgehead atoms. The van der Waals surface area contributed by atoms with Crippen molar-refractivity contribution in [1.29, 1.82) is 0 Å². The van der Waals surface area contributed by atoms with E-state index in [-0.39, 0.29) is 24.5 Å². The number of hydrogen-bond donors (Lipinski definition) is 3. The number of benzene rings is 2.